The number of ether oxygens (including phenoxy) is 1. The summed E-state index contributed by atoms with van der Waals surface area (Å²) in [5, 5.41) is 3.37. The zero-order valence-corrected chi connectivity index (χ0v) is 13.4. The number of carbonyl (C=O) groups excluding carboxylic acids is 1. The largest absolute Gasteiger partial charge is 0.379 e. The summed E-state index contributed by atoms with van der Waals surface area (Å²) in [5.74, 6) is 0.141. The van der Waals surface area contributed by atoms with Crippen molar-refractivity contribution in [2.75, 3.05) is 32.1 Å². The molecular weight excluding hydrogens is 306 g/mol. The van der Waals surface area contributed by atoms with Crippen molar-refractivity contribution in [3.63, 3.8) is 0 Å². The lowest BCUT2D eigenvalue weighted by molar-refractivity contribution is -0.123. The van der Waals surface area contributed by atoms with Crippen molar-refractivity contribution in [2.24, 2.45) is 0 Å². The van der Waals surface area contributed by atoms with Crippen molar-refractivity contribution in [1.29, 1.82) is 0 Å². The highest BCUT2D eigenvalue weighted by Crippen LogP contribution is 2.27. The summed E-state index contributed by atoms with van der Waals surface area (Å²) < 4.78 is 5.65. The number of likely N-dealkylation sites (N-methyl/N-ethyl adjacent to an activating group) is 1. The molecule has 1 rings (SSSR count). The number of aryl methyl sites for hydroxylation is 1. The summed E-state index contributed by atoms with van der Waals surface area (Å²) in [6, 6.07) is 8.07. The highest BCUT2D eigenvalue weighted by Gasteiger charge is 2.34. The number of hydrogen-bond donors (Lipinski definition) is 1. The summed E-state index contributed by atoms with van der Waals surface area (Å²) in [4.78, 5) is 12.3. The fourth-order valence-electron chi connectivity index (χ4n) is 1.91. The van der Waals surface area contributed by atoms with Gasteiger partial charge < -0.3 is 10.1 Å². The van der Waals surface area contributed by atoms with Gasteiger partial charge in [0.2, 0.25) is 0 Å². The number of ketones is 1. The van der Waals surface area contributed by atoms with Crippen LogP contribution >= 0.6 is 15.9 Å². The Morgan fingerprint density at radius 1 is 1.47 bits per heavy atom. The van der Waals surface area contributed by atoms with E-state index in [0.717, 1.165) is 17.7 Å². The lowest BCUT2D eigenvalue weighted by Crippen LogP contribution is -2.39. The number of nitrogens with one attached hydrogen (secondary N) is 1. The quantitative estimate of drug-likeness (QED) is 0.588. The van der Waals surface area contributed by atoms with Crippen molar-refractivity contribution in [3.8, 4) is 0 Å². The van der Waals surface area contributed by atoms with E-state index in [-0.39, 0.29) is 5.78 Å². The maximum atomic E-state index is 12.3. The first-order chi connectivity index (χ1) is 9.04. The van der Waals surface area contributed by atoms with E-state index in [0.29, 0.717) is 18.5 Å². The molecule has 0 saturated heterocycles. The lowest BCUT2D eigenvalue weighted by Gasteiger charge is -2.28. The molecule has 0 amide bonds. The normalized spacial score (nSPS) is 14.1. The van der Waals surface area contributed by atoms with Crippen LogP contribution in [0.5, 0.6) is 0 Å². The zero-order valence-electron chi connectivity index (χ0n) is 11.8. The van der Waals surface area contributed by atoms with Crippen LogP contribution in [0.2, 0.25) is 0 Å². The van der Waals surface area contributed by atoms with Gasteiger partial charge in [0.05, 0.1) is 24.0 Å². The molecule has 106 valence electrons. The zero-order chi connectivity index (χ0) is 14.3. The van der Waals surface area contributed by atoms with E-state index in [9.17, 15) is 4.79 Å². The van der Waals surface area contributed by atoms with Gasteiger partial charge >= 0.3 is 0 Å². The predicted octanol–water partition coefficient (Wildman–Crippen LogP) is 2.45. The molecule has 0 radical (unpaired) electrons. The molecule has 1 aromatic carbocycles. The molecule has 4 heteroatoms. The summed E-state index contributed by atoms with van der Waals surface area (Å²) >= 11 is 3.27. The third-order valence-electron chi connectivity index (χ3n) is 3.28. The van der Waals surface area contributed by atoms with Crippen LogP contribution in [0.15, 0.2) is 24.3 Å². The second kappa shape index (κ2) is 7.78. The molecule has 0 aliphatic rings. The van der Waals surface area contributed by atoms with Gasteiger partial charge in [-0.1, -0.05) is 45.8 Å². The highest BCUT2D eigenvalue weighted by molar-refractivity contribution is 9.09. The van der Waals surface area contributed by atoms with Gasteiger partial charge in [-0.2, -0.15) is 0 Å². The Balaban J connectivity index is 2.89. The van der Waals surface area contributed by atoms with Crippen LogP contribution in [0.25, 0.3) is 0 Å². The van der Waals surface area contributed by atoms with Crippen molar-refractivity contribution in [3.05, 3.63) is 35.4 Å². The molecule has 0 aliphatic carbocycles. The summed E-state index contributed by atoms with van der Waals surface area (Å²) in [6.07, 6.45) is 0. The van der Waals surface area contributed by atoms with Crippen molar-refractivity contribution < 1.29 is 9.53 Å². The minimum atomic E-state index is -0.594. The molecule has 0 heterocycles. The first-order valence-electron chi connectivity index (χ1n) is 6.43. The van der Waals surface area contributed by atoms with Gasteiger partial charge in [0.15, 0.2) is 5.78 Å². The number of carbonyl (C=O) groups is 1. The number of alkyl halides is 1. The maximum Gasteiger partial charge on any atom is 0.155 e. The molecule has 1 N–H and O–H groups in total. The van der Waals surface area contributed by atoms with Crippen LogP contribution in [0.4, 0.5) is 0 Å². The number of halogens is 1. The van der Waals surface area contributed by atoms with Crippen LogP contribution in [-0.2, 0) is 14.9 Å². The van der Waals surface area contributed by atoms with Crippen molar-refractivity contribution >= 4 is 21.7 Å². The molecular formula is C15H22BrNO2. The Morgan fingerprint density at radius 3 is 2.79 bits per heavy atom. The predicted molar refractivity (Wildman–Crippen MR) is 82.1 cm³/mol. The maximum absolute atomic E-state index is 12.3. The van der Waals surface area contributed by atoms with E-state index >= 15 is 0 Å². The number of benzene rings is 1. The van der Waals surface area contributed by atoms with Gasteiger partial charge in [-0.15, -0.1) is 0 Å². The lowest BCUT2D eigenvalue weighted by atomic mass is 9.79. The van der Waals surface area contributed by atoms with Gasteiger partial charge in [0, 0.05) is 6.54 Å². The summed E-state index contributed by atoms with van der Waals surface area (Å²) in [6.45, 7) is 5.78. The van der Waals surface area contributed by atoms with Crippen LogP contribution in [0.3, 0.4) is 0 Å². The minimum absolute atomic E-state index is 0.141. The summed E-state index contributed by atoms with van der Waals surface area (Å²) in [7, 11) is 1.88. The molecule has 0 aliphatic heterocycles. The number of hydrogen-bond acceptors (Lipinski definition) is 3. The first-order valence-corrected chi connectivity index (χ1v) is 7.55. The first kappa shape index (κ1) is 16.3. The van der Waals surface area contributed by atoms with Gasteiger partial charge in [0.25, 0.3) is 0 Å². The van der Waals surface area contributed by atoms with E-state index in [4.69, 9.17) is 4.74 Å². The second-order valence-corrected chi connectivity index (χ2v) is 5.48. The van der Waals surface area contributed by atoms with E-state index in [1.165, 1.54) is 0 Å². The van der Waals surface area contributed by atoms with Crippen LogP contribution in [0, 0.1) is 6.92 Å². The molecule has 3 nitrogen and oxygen atoms in total. The minimum Gasteiger partial charge on any atom is -0.379 e. The standard InChI is InChI=1S/C15H22BrNO2/c1-12-5-4-6-13(9-12)15(2,14(18)10-16)11-19-8-7-17-3/h4-6,9,17H,7-8,10-11H2,1-3H3. The van der Waals surface area contributed by atoms with Gasteiger partial charge in [-0.25, -0.2) is 0 Å². The monoisotopic (exact) mass is 327 g/mol. The molecule has 0 aromatic heterocycles. The third-order valence-corrected chi connectivity index (χ3v) is 3.79. The number of rotatable bonds is 8. The highest BCUT2D eigenvalue weighted by atomic mass is 79.9. The van der Waals surface area contributed by atoms with Crippen molar-refractivity contribution in [2.45, 2.75) is 19.3 Å². The van der Waals surface area contributed by atoms with E-state index in [1.807, 2.05) is 39.1 Å². The molecule has 0 saturated carbocycles. The average molecular weight is 328 g/mol. The fraction of sp³-hybridized carbons (Fsp3) is 0.533. The Hall–Kier alpha value is -0.710. The topological polar surface area (TPSA) is 38.3 Å². The molecule has 1 aromatic rings. The van der Waals surface area contributed by atoms with Crippen LogP contribution in [-0.4, -0.2) is 37.9 Å². The fourth-order valence-corrected chi connectivity index (χ4v) is 2.53. The summed E-state index contributed by atoms with van der Waals surface area (Å²) in [5.41, 5.74) is 1.58. The van der Waals surface area contributed by atoms with Gasteiger partial charge in [-0.05, 0) is 26.5 Å². The Bertz CT molecular complexity index is 422. The van der Waals surface area contributed by atoms with Crippen LogP contribution < -0.4 is 5.32 Å². The third kappa shape index (κ3) is 4.41. The molecule has 1 atom stereocenters. The Kier molecular flexibility index (Phi) is 6.69. The molecule has 0 fully saturated rings. The smallest absolute Gasteiger partial charge is 0.155 e. The van der Waals surface area contributed by atoms with Gasteiger partial charge in [-0.3, -0.25) is 4.79 Å². The molecule has 19 heavy (non-hydrogen) atoms. The molecule has 0 spiro atoms. The number of Topliss-reactive ketones (excluding diaryl/α,β-unsaturated/α-hetero) is 1. The molecule has 0 bridgehead atoms. The Labute approximate surface area is 123 Å². The van der Waals surface area contributed by atoms with Crippen molar-refractivity contribution in [1.82, 2.24) is 5.32 Å². The van der Waals surface area contributed by atoms with E-state index < -0.39 is 5.41 Å². The Morgan fingerprint density at radius 2 is 2.21 bits per heavy atom. The van der Waals surface area contributed by atoms with Gasteiger partial charge in [0.1, 0.15) is 0 Å². The van der Waals surface area contributed by atoms with E-state index in [2.05, 4.69) is 27.3 Å². The van der Waals surface area contributed by atoms with E-state index in [1.54, 1.807) is 0 Å². The molecule has 1 unspecified atom stereocenters. The average Bonchev–Trinajstić information content (AvgIpc) is 2.42. The SMILES string of the molecule is CNCCOCC(C)(C(=O)CBr)c1cccc(C)c1. The second-order valence-electron chi connectivity index (χ2n) is 4.91. The van der Waals surface area contributed by atoms with Crippen LogP contribution in [0.1, 0.15) is 18.1 Å².